The second kappa shape index (κ2) is 7.78. The number of nitrogens with zero attached hydrogens (tertiary/aromatic N) is 1. The van der Waals surface area contributed by atoms with Gasteiger partial charge in [-0.3, -0.25) is 9.59 Å². The number of aromatic nitrogens is 1. The van der Waals surface area contributed by atoms with Gasteiger partial charge in [0.05, 0.1) is 5.52 Å². The Kier molecular flexibility index (Phi) is 5.26. The number of ether oxygens (including phenoxy) is 1. The van der Waals surface area contributed by atoms with E-state index < -0.39 is 18.0 Å². The van der Waals surface area contributed by atoms with Crippen molar-refractivity contribution in [3.63, 3.8) is 0 Å². The van der Waals surface area contributed by atoms with E-state index in [0.717, 1.165) is 5.39 Å². The molecule has 1 heterocycles. The van der Waals surface area contributed by atoms with Gasteiger partial charge in [-0.05, 0) is 50.2 Å². The topological polar surface area (TPSA) is 85.4 Å². The Morgan fingerprint density at radius 1 is 0.963 bits per heavy atom. The van der Waals surface area contributed by atoms with E-state index in [0.29, 0.717) is 16.8 Å². The molecule has 1 N–H and O–H groups in total. The number of para-hydroxylation sites is 1. The van der Waals surface area contributed by atoms with E-state index in [1.54, 1.807) is 42.5 Å². The highest BCUT2D eigenvalue weighted by molar-refractivity contribution is 5.98. The minimum Gasteiger partial charge on any atom is -0.448 e. The van der Waals surface area contributed by atoms with Crippen LogP contribution in [0.1, 0.15) is 34.7 Å². The normalized spacial score (nSPS) is 11.6. The highest BCUT2D eigenvalue weighted by atomic mass is 16.5. The number of hydrogen-bond donors (Lipinski definition) is 1. The third-order valence-corrected chi connectivity index (χ3v) is 4.02. The van der Waals surface area contributed by atoms with Crippen molar-refractivity contribution in [1.29, 1.82) is 0 Å². The fourth-order valence-electron chi connectivity index (χ4n) is 2.49. The molecule has 0 saturated heterocycles. The number of ketones is 1. The lowest BCUT2D eigenvalue weighted by atomic mass is 10.1. The summed E-state index contributed by atoms with van der Waals surface area (Å²) in [5, 5.41) is 3.56. The van der Waals surface area contributed by atoms with Crippen molar-refractivity contribution in [2.45, 2.75) is 20.0 Å². The number of pyridine rings is 1. The second-order valence-corrected chi connectivity index (χ2v) is 6.06. The molecule has 0 saturated carbocycles. The summed E-state index contributed by atoms with van der Waals surface area (Å²) >= 11 is 0. The first-order chi connectivity index (χ1) is 12.9. The molecular formula is C21H18N2O4. The van der Waals surface area contributed by atoms with Crippen molar-refractivity contribution >= 4 is 34.3 Å². The SMILES string of the molecule is CC(=O)c1ccc(NC(=O)[C@@H](C)OC(=O)c2ccc3ccccc3n2)cc1. The van der Waals surface area contributed by atoms with Crippen LogP contribution in [0.2, 0.25) is 0 Å². The van der Waals surface area contributed by atoms with Gasteiger partial charge in [-0.2, -0.15) is 0 Å². The molecular weight excluding hydrogens is 344 g/mol. The van der Waals surface area contributed by atoms with Crippen molar-refractivity contribution in [2.24, 2.45) is 0 Å². The summed E-state index contributed by atoms with van der Waals surface area (Å²) in [6.07, 6.45) is -1.00. The first-order valence-electron chi connectivity index (χ1n) is 8.42. The van der Waals surface area contributed by atoms with E-state index in [9.17, 15) is 14.4 Å². The Morgan fingerprint density at radius 3 is 2.37 bits per heavy atom. The maximum atomic E-state index is 12.3. The number of carbonyl (C=O) groups is 3. The monoisotopic (exact) mass is 362 g/mol. The Balaban J connectivity index is 1.64. The first-order valence-corrected chi connectivity index (χ1v) is 8.42. The molecule has 1 amide bonds. The van der Waals surface area contributed by atoms with Gasteiger partial charge >= 0.3 is 5.97 Å². The fourth-order valence-corrected chi connectivity index (χ4v) is 2.49. The number of carbonyl (C=O) groups excluding carboxylic acids is 3. The van der Waals surface area contributed by atoms with E-state index >= 15 is 0 Å². The average Bonchev–Trinajstić information content (AvgIpc) is 2.67. The molecule has 0 aliphatic heterocycles. The van der Waals surface area contributed by atoms with Crippen molar-refractivity contribution in [3.05, 3.63) is 71.9 Å². The van der Waals surface area contributed by atoms with Crippen LogP contribution >= 0.6 is 0 Å². The lowest BCUT2D eigenvalue weighted by Crippen LogP contribution is -2.30. The maximum absolute atomic E-state index is 12.3. The second-order valence-electron chi connectivity index (χ2n) is 6.06. The number of esters is 1. The molecule has 0 aliphatic carbocycles. The molecule has 0 unspecified atom stereocenters. The molecule has 0 fully saturated rings. The third kappa shape index (κ3) is 4.36. The summed E-state index contributed by atoms with van der Waals surface area (Å²) in [5.74, 6) is -1.20. The number of amides is 1. The van der Waals surface area contributed by atoms with Gasteiger partial charge in [0, 0.05) is 16.6 Å². The van der Waals surface area contributed by atoms with Crippen LogP contribution in [0, 0.1) is 0 Å². The summed E-state index contributed by atoms with van der Waals surface area (Å²) in [6, 6.07) is 17.2. The highest BCUT2D eigenvalue weighted by Gasteiger charge is 2.20. The molecule has 0 aliphatic rings. The largest absolute Gasteiger partial charge is 0.448 e. The minimum absolute atomic E-state index is 0.0574. The first kappa shape index (κ1) is 18.3. The fraction of sp³-hybridized carbons (Fsp3) is 0.143. The van der Waals surface area contributed by atoms with Crippen LogP contribution in [-0.4, -0.2) is 28.7 Å². The zero-order valence-electron chi connectivity index (χ0n) is 14.9. The van der Waals surface area contributed by atoms with Gasteiger partial charge < -0.3 is 10.1 Å². The molecule has 0 spiro atoms. The summed E-state index contributed by atoms with van der Waals surface area (Å²) in [4.78, 5) is 40.0. The number of anilines is 1. The van der Waals surface area contributed by atoms with Gasteiger partial charge in [-0.1, -0.05) is 24.3 Å². The number of Topliss-reactive ketones (excluding diaryl/α,β-unsaturated/α-hetero) is 1. The Labute approximate surface area is 156 Å². The van der Waals surface area contributed by atoms with E-state index in [2.05, 4.69) is 10.3 Å². The summed E-state index contributed by atoms with van der Waals surface area (Å²) < 4.78 is 5.21. The molecule has 6 nitrogen and oxygen atoms in total. The zero-order valence-corrected chi connectivity index (χ0v) is 14.9. The van der Waals surface area contributed by atoms with Crippen LogP contribution in [0.4, 0.5) is 5.69 Å². The van der Waals surface area contributed by atoms with Gasteiger partial charge in [-0.25, -0.2) is 9.78 Å². The molecule has 0 radical (unpaired) electrons. The number of fused-ring (bicyclic) bond motifs is 1. The number of nitrogens with one attached hydrogen (secondary N) is 1. The standard InChI is InChI=1S/C21H18N2O4/c1-13(24)15-7-10-17(11-8-15)22-20(25)14(2)27-21(26)19-12-9-16-5-3-4-6-18(16)23-19/h3-12,14H,1-2H3,(H,22,25)/t14-/m1/s1. The molecule has 3 rings (SSSR count). The van der Waals surface area contributed by atoms with Gasteiger partial charge in [0.1, 0.15) is 5.69 Å². The summed E-state index contributed by atoms with van der Waals surface area (Å²) in [7, 11) is 0. The lowest BCUT2D eigenvalue weighted by molar-refractivity contribution is -0.123. The molecule has 1 aromatic heterocycles. The van der Waals surface area contributed by atoms with E-state index in [-0.39, 0.29) is 11.5 Å². The maximum Gasteiger partial charge on any atom is 0.357 e. The van der Waals surface area contributed by atoms with Crippen LogP contribution in [0.25, 0.3) is 10.9 Å². The molecule has 27 heavy (non-hydrogen) atoms. The molecule has 3 aromatic rings. The van der Waals surface area contributed by atoms with Crippen molar-refractivity contribution in [2.75, 3.05) is 5.32 Å². The number of benzene rings is 2. The van der Waals surface area contributed by atoms with E-state index in [4.69, 9.17) is 4.74 Å². The minimum atomic E-state index is -1.00. The van der Waals surface area contributed by atoms with Crippen LogP contribution in [0.5, 0.6) is 0 Å². The number of rotatable bonds is 5. The van der Waals surface area contributed by atoms with E-state index in [1.165, 1.54) is 13.8 Å². The van der Waals surface area contributed by atoms with Gasteiger partial charge in [-0.15, -0.1) is 0 Å². The molecule has 136 valence electrons. The van der Waals surface area contributed by atoms with E-state index in [1.807, 2.05) is 18.2 Å². The average molecular weight is 362 g/mol. The summed E-state index contributed by atoms with van der Waals surface area (Å²) in [6.45, 7) is 2.95. The van der Waals surface area contributed by atoms with Crippen LogP contribution in [0.15, 0.2) is 60.7 Å². The van der Waals surface area contributed by atoms with Crippen LogP contribution in [-0.2, 0) is 9.53 Å². The van der Waals surface area contributed by atoms with Crippen LogP contribution in [0.3, 0.4) is 0 Å². The Morgan fingerprint density at radius 2 is 1.67 bits per heavy atom. The number of hydrogen-bond acceptors (Lipinski definition) is 5. The van der Waals surface area contributed by atoms with Crippen molar-refractivity contribution in [3.8, 4) is 0 Å². The third-order valence-electron chi connectivity index (χ3n) is 4.02. The zero-order chi connectivity index (χ0) is 19.4. The summed E-state index contributed by atoms with van der Waals surface area (Å²) in [5.41, 5.74) is 1.88. The van der Waals surface area contributed by atoms with Crippen molar-refractivity contribution < 1.29 is 19.1 Å². The molecule has 6 heteroatoms. The highest BCUT2D eigenvalue weighted by Crippen LogP contribution is 2.14. The van der Waals surface area contributed by atoms with Gasteiger partial charge in [0.2, 0.25) is 0 Å². The smallest absolute Gasteiger partial charge is 0.357 e. The Bertz CT molecular complexity index is 1010. The predicted octanol–water partition coefficient (Wildman–Crippen LogP) is 3.62. The lowest BCUT2D eigenvalue weighted by Gasteiger charge is -2.13. The molecule has 1 atom stereocenters. The van der Waals surface area contributed by atoms with Gasteiger partial charge in [0.25, 0.3) is 5.91 Å². The quantitative estimate of drug-likeness (QED) is 0.553. The van der Waals surface area contributed by atoms with Crippen molar-refractivity contribution in [1.82, 2.24) is 4.98 Å². The molecule has 0 bridgehead atoms. The molecule has 2 aromatic carbocycles. The predicted molar refractivity (Wildman–Crippen MR) is 102 cm³/mol. The van der Waals surface area contributed by atoms with Crippen LogP contribution < -0.4 is 5.32 Å². The van der Waals surface area contributed by atoms with Gasteiger partial charge in [0.15, 0.2) is 11.9 Å². The Hall–Kier alpha value is -3.54.